The maximum atomic E-state index is 12.6. The fourth-order valence-electron chi connectivity index (χ4n) is 3.49. The van der Waals surface area contributed by atoms with Gasteiger partial charge in [0, 0.05) is 33.4 Å². The number of nitrogens with zero attached hydrogens (tertiary/aromatic N) is 2. The number of carbonyl (C=O) groups excluding carboxylic acids is 2. The Bertz CT molecular complexity index is 1140. The summed E-state index contributed by atoms with van der Waals surface area (Å²) in [5.74, 6) is -0.174. The van der Waals surface area contributed by atoms with Gasteiger partial charge in [-0.05, 0) is 35.9 Å². The third kappa shape index (κ3) is 4.55. The van der Waals surface area contributed by atoms with Gasteiger partial charge in [-0.2, -0.15) is 5.10 Å². The summed E-state index contributed by atoms with van der Waals surface area (Å²) in [5, 5.41) is 11.5. The van der Waals surface area contributed by atoms with Crippen LogP contribution in [0.15, 0.2) is 42.5 Å². The fraction of sp³-hybridized carbons (Fsp3) is 0.190. The van der Waals surface area contributed by atoms with Crippen LogP contribution in [-0.4, -0.2) is 28.7 Å². The van der Waals surface area contributed by atoms with E-state index in [0.717, 1.165) is 11.1 Å². The van der Waals surface area contributed by atoms with Crippen molar-refractivity contribution in [1.29, 1.82) is 0 Å². The lowest BCUT2D eigenvalue weighted by Gasteiger charge is -2.11. The molecule has 0 saturated carbocycles. The van der Waals surface area contributed by atoms with Crippen molar-refractivity contribution < 1.29 is 14.3 Å². The van der Waals surface area contributed by atoms with Crippen molar-refractivity contribution in [3.8, 4) is 11.1 Å². The summed E-state index contributed by atoms with van der Waals surface area (Å²) < 4.78 is 6.81. The largest absolute Gasteiger partial charge is 0.378 e. The van der Waals surface area contributed by atoms with Gasteiger partial charge in [0.2, 0.25) is 5.91 Å². The van der Waals surface area contributed by atoms with Crippen molar-refractivity contribution in [3.63, 3.8) is 0 Å². The van der Waals surface area contributed by atoms with Gasteiger partial charge in [-0.25, -0.2) is 4.68 Å². The first kappa shape index (κ1) is 21.6. The predicted octanol–water partition coefficient (Wildman–Crippen LogP) is 5.18. The quantitative estimate of drug-likeness (QED) is 0.510. The first-order valence-corrected chi connectivity index (χ1v) is 10.4. The number of halogens is 3. The molecule has 10 heteroatoms. The number of nitrogens with one attached hydrogen (secondary N) is 2. The summed E-state index contributed by atoms with van der Waals surface area (Å²) >= 11 is 18.0. The molecule has 0 spiro atoms. The molecule has 1 aliphatic heterocycles. The highest BCUT2D eigenvalue weighted by molar-refractivity contribution is 6.35. The van der Waals surface area contributed by atoms with Crippen molar-refractivity contribution in [2.24, 2.45) is 0 Å². The second-order valence-electron chi connectivity index (χ2n) is 6.97. The molecule has 160 valence electrons. The first-order chi connectivity index (χ1) is 14.9. The van der Waals surface area contributed by atoms with E-state index in [1.165, 1.54) is 4.68 Å². The number of carbonyl (C=O) groups is 2. The van der Waals surface area contributed by atoms with Crippen LogP contribution in [-0.2, 0) is 20.9 Å². The van der Waals surface area contributed by atoms with Crippen LogP contribution >= 0.6 is 34.8 Å². The molecule has 0 aliphatic carbocycles. The Morgan fingerprint density at radius 3 is 2.45 bits per heavy atom. The molecule has 2 heterocycles. The Morgan fingerprint density at radius 1 is 1.13 bits per heavy atom. The zero-order chi connectivity index (χ0) is 22.1. The molecular weight excluding hydrogens is 463 g/mol. The number of benzene rings is 2. The summed E-state index contributed by atoms with van der Waals surface area (Å²) in [4.78, 5) is 25.3. The number of hydrogen-bond donors (Lipinski definition) is 2. The van der Waals surface area contributed by atoms with E-state index in [1.54, 1.807) is 37.4 Å². The monoisotopic (exact) mass is 478 g/mol. The van der Waals surface area contributed by atoms with Gasteiger partial charge in [-0.3, -0.25) is 9.59 Å². The van der Waals surface area contributed by atoms with Gasteiger partial charge in [0.1, 0.15) is 11.9 Å². The number of ether oxygens (including phenoxy) is 1. The van der Waals surface area contributed by atoms with Gasteiger partial charge < -0.3 is 15.4 Å². The fourth-order valence-corrected chi connectivity index (χ4v) is 4.14. The van der Waals surface area contributed by atoms with Crippen LogP contribution in [0.5, 0.6) is 0 Å². The normalized spacial score (nSPS) is 15.0. The third-order valence-electron chi connectivity index (χ3n) is 4.76. The Hall–Kier alpha value is -2.58. The molecule has 4 rings (SSSR count). The Labute approximate surface area is 193 Å². The third-order valence-corrected chi connectivity index (χ3v) is 5.45. The van der Waals surface area contributed by atoms with Crippen molar-refractivity contribution in [1.82, 2.24) is 9.78 Å². The van der Waals surface area contributed by atoms with Crippen LogP contribution in [0.2, 0.25) is 15.1 Å². The highest BCUT2D eigenvalue weighted by atomic mass is 35.5. The van der Waals surface area contributed by atoms with Crippen molar-refractivity contribution >= 4 is 58.1 Å². The molecule has 0 fully saturated rings. The number of methoxy groups -OCH3 is 1. The molecule has 1 aliphatic rings. The van der Waals surface area contributed by atoms with E-state index < -0.39 is 6.04 Å². The minimum absolute atomic E-state index is 0.114. The van der Waals surface area contributed by atoms with Gasteiger partial charge in [0.05, 0.1) is 18.7 Å². The standard InChI is InChI=1S/C21H17Cl3N4O3/c1-31-10-16-19(11-2-4-12(22)5-3-11)20-26-21(30)17(28(20)27-16)9-18(29)25-15-7-13(23)6-14(24)8-15/h2-8,17H,9-10H2,1H3,(H,25,29)(H,26,30). The van der Waals surface area contributed by atoms with Crippen molar-refractivity contribution in [2.75, 3.05) is 17.7 Å². The van der Waals surface area contributed by atoms with Crippen LogP contribution in [0.4, 0.5) is 11.5 Å². The lowest BCUT2D eigenvalue weighted by molar-refractivity contribution is -0.123. The number of hydrogen-bond acceptors (Lipinski definition) is 4. The van der Waals surface area contributed by atoms with Crippen LogP contribution in [0, 0.1) is 0 Å². The van der Waals surface area contributed by atoms with E-state index >= 15 is 0 Å². The maximum Gasteiger partial charge on any atom is 0.251 e. The van der Waals surface area contributed by atoms with E-state index in [4.69, 9.17) is 39.5 Å². The van der Waals surface area contributed by atoms with Gasteiger partial charge in [0.15, 0.2) is 0 Å². The first-order valence-electron chi connectivity index (χ1n) is 9.28. The molecule has 0 bridgehead atoms. The minimum atomic E-state index is -0.804. The van der Waals surface area contributed by atoms with Gasteiger partial charge in [0.25, 0.3) is 5.91 Å². The SMILES string of the molecule is COCc1nn2c(c1-c1ccc(Cl)cc1)NC(=O)C2CC(=O)Nc1cc(Cl)cc(Cl)c1. The molecule has 0 radical (unpaired) electrons. The van der Waals surface area contributed by atoms with E-state index in [-0.39, 0.29) is 24.8 Å². The second-order valence-corrected chi connectivity index (χ2v) is 8.28. The average Bonchev–Trinajstić information content (AvgIpc) is 3.17. The predicted molar refractivity (Wildman–Crippen MR) is 121 cm³/mol. The van der Waals surface area contributed by atoms with Gasteiger partial charge in [-0.1, -0.05) is 46.9 Å². The molecule has 1 atom stereocenters. The molecule has 1 unspecified atom stereocenters. The van der Waals surface area contributed by atoms with Crippen LogP contribution in [0.25, 0.3) is 11.1 Å². The molecule has 0 saturated heterocycles. The lowest BCUT2D eigenvalue weighted by Crippen LogP contribution is -2.24. The van der Waals surface area contributed by atoms with E-state index in [2.05, 4.69) is 15.7 Å². The molecule has 2 N–H and O–H groups in total. The number of aromatic nitrogens is 2. The summed E-state index contributed by atoms with van der Waals surface area (Å²) in [6.07, 6.45) is -0.114. The molecule has 2 aromatic carbocycles. The number of rotatable bonds is 6. The van der Waals surface area contributed by atoms with Crippen molar-refractivity contribution in [3.05, 3.63) is 63.2 Å². The molecule has 7 nitrogen and oxygen atoms in total. The molecule has 31 heavy (non-hydrogen) atoms. The summed E-state index contributed by atoms with van der Waals surface area (Å²) in [5.41, 5.74) is 2.66. The van der Waals surface area contributed by atoms with E-state index in [0.29, 0.717) is 32.3 Å². The molecule has 3 aromatic rings. The number of amides is 2. The smallest absolute Gasteiger partial charge is 0.251 e. The Kier molecular flexibility index (Phi) is 6.20. The van der Waals surface area contributed by atoms with Crippen LogP contribution in [0.1, 0.15) is 18.2 Å². The summed E-state index contributed by atoms with van der Waals surface area (Å²) in [6, 6.07) is 11.1. The zero-order valence-corrected chi connectivity index (χ0v) is 18.6. The van der Waals surface area contributed by atoms with E-state index in [9.17, 15) is 9.59 Å². The molecular formula is C21H17Cl3N4O3. The Morgan fingerprint density at radius 2 is 1.81 bits per heavy atom. The lowest BCUT2D eigenvalue weighted by atomic mass is 10.1. The maximum absolute atomic E-state index is 12.6. The Balaban J connectivity index is 1.62. The molecule has 1 aromatic heterocycles. The van der Waals surface area contributed by atoms with Crippen LogP contribution in [0.3, 0.4) is 0 Å². The summed E-state index contributed by atoms with van der Waals surface area (Å²) in [7, 11) is 1.57. The second kappa shape index (κ2) is 8.88. The zero-order valence-electron chi connectivity index (χ0n) is 16.3. The molecule has 2 amide bonds. The number of fused-ring (bicyclic) bond motifs is 1. The van der Waals surface area contributed by atoms with Gasteiger partial charge in [-0.15, -0.1) is 0 Å². The topological polar surface area (TPSA) is 85.2 Å². The highest BCUT2D eigenvalue weighted by Crippen LogP contribution is 2.39. The van der Waals surface area contributed by atoms with Gasteiger partial charge >= 0.3 is 0 Å². The van der Waals surface area contributed by atoms with E-state index in [1.807, 2.05) is 12.1 Å². The average molecular weight is 480 g/mol. The van der Waals surface area contributed by atoms with Crippen LogP contribution < -0.4 is 10.6 Å². The number of anilines is 2. The summed E-state index contributed by atoms with van der Waals surface area (Å²) in [6.45, 7) is 0.244. The van der Waals surface area contributed by atoms with Crippen molar-refractivity contribution in [2.45, 2.75) is 19.1 Å². The minimum Gasteiger partial charge on any atom is -0.378 e. The highest BCUT2D eigenvalue weighted by Gasteiger charge is 2.37.